The van der Waals surface area contributed by atoms with Crippen LogP contribution in [0.15, 0.2) is 12.2 Å². The molecule has 2 fully saturated rings. The van der Waals surface area contributed by atoms with Crippen molar-refractivity contribution in [3.63, 3.8) is 0 Å². The number of amides is 1. The lowest BCUT2D eigenvalue weighted by atomic mass is 9.97. The maximum Gasteiger partial charge on any atom is 0.220 e. The lowest BCUT2D eigenvalue weighted by Crippen LogP contribution is -2.65. The number of carbonyl (C=O) groups is 1. The molecule has 2 heterocycles. The average molecular weight is 918 g/mol. The SMILES string of the molecule is CCC/C=C/C(O)C(COC1OC(CO)C(OC2OC(CO)C(O)C(O)C2O)C(O)C1O)NC(=O)CCCCCCCCCCCCCCCCCCCCCCCCCCCCC. The van der Waals surface area contributed by atoms with Gasteiger partial charge in [0.1, 0.15) is 48.8 Å². The van der Waals surface area contributed by atoms with E-state index in [2.05, 4.69) is 12.2 Å². The van der Waals surface area contributed by atoms with Crippen LogP contribution in [0.25, 0.3) is 0 Å². The van der Waals surface area contributed by atoms with Gasteiger partial charge in [-0.2, -0.15) is 0 Å². The quantitative estimate of drug-likeness (QED) is 0.0229. The average Bonchev–Trinajstić information content (AvgIpc) is 3.29. The Hall–Kier alpha value is -1.27. The largest absolute Gasteiger partial charge is 0.394 e. The van der Waals surface area contributed by atoms with Gasteiger partial charge in [-0.05, 0) is 12.8 Å². The number of allylic oxidation sites excluding steroid dienone is 1. The van der Waals surface area contributed by atoms with Crippen molar-refractivity contribution in [3.8, 4) is 0 Å². The number of unbranched alkanes of at least 4 members (excludes halogenated alkanes) is 27. The molecule has 64 heavy (non-hydrogen) atoms. The number of carbonyl (C=O) groups excluding carboxylic acids is 1. The molecule has 378 valence electrons. The number of aliphatic hydroxyl groups is 8. The molecule has 9 N–H and O–H groups in total. The lowest BCUT2D eigenvalue weighted by molar-refractivity contribution is -0.359. The summed E-state index contributed by atoms with van der Waals surface area (Å²) in [6.07, 6.45) is 24.0. The molecular formula is C50H95NO13. The Morgan fingerprint density at radius 2 is 0.969 bits per heavy atom. The summed E-state index contributed by atoms with van der Waals surface area (Å²) >= 11 is 0. The van der Waals surface area contributed by atoms with Crippen molar-refractivity contribution >= 4 is 5.91 Å². The van der Waals surface area contributed by atoms with E-state index in [1.807, 2.05) is 13.0 Å². The van der Waals surface area contributed by atoms with Crippen LogP contribution in [0.4, 0.5) is 0 Å². The smallest absolute Gasteiger partial charge is 0.220 e. The first-order valence-corrected chi connectivity index (χ1v) is 25.9. The minimum absolute atomic E-state index is 0.248. The topological polar surface area (TPSA) is 228 Å². The van der Waals surface area contributed by atoms with E-state index in [1.54, 1.807) is 6.08 Å². The molecule has 0 radical (unpaired) electrons. The molecule has 2 saturated heterocycles. The Morgan fingerprint density at radius 3 is 1.41 bits per heavy atom. The van der Waals surface area contributed by atoms with Gasteiger partial charge in [0.2, 0.25) is 5.91 Å². The van der Waals surface area contributed by atoms with Gasteiger partial charge in [0.25, 0.3) is 0 Å². The van der Waals surface area contributed by atoms with Crippen LogP contribution in [-0.4, -0.2) is 140 Å². The molecule has 1 amide bonds. The highest BCUT2D eigenvalue weighted by atomic mass is 16.7. The molecule has 0 aromatic carbocycles. The first kappa shape index (κ1) is 58.9. The van der Waals surface area contributed by atoms with Gasteiger partial charge in [-0.25, -0.2) is 0 Å². The number of ether oxygens (including phenoxy) is 4. The van der Waals surface area contributed by atoms with Crippen molar-refractivity contribution in [2.24, 2.45) is 0 Å². The molecule has 0 saturated carbocycles. The fourth-order valence-electron chi connectivity index (χ4n) is 8.71. The molecule has 12 unspecified atom stereocenters. The zero-order valence-corrected chi connectivity index (χ0v) is 40.0. The number of nitrogens with one attached hydrogen (secondary N) is 1. The number of rotatable bonds is 40. The highest BCUT2D eigenvalue weighted by Crippen LogP contribution is 2.30. The maximum atomic E-state index is 13.0. The summed E-state index contributed by atoms with van der Waals surface area (Å²) in [6, 6.07) is -0.905. The van der Waals surface area contributed by atoms with Crippen LogP contribution >= 0.6 is 0 Å². The van der Waals surface area contributed by atoms with Crippen LogP contribution in [0.5, 0.6) is 0 Å². The summed E-state index contributed by atoms with van der Waals surface area (Å²) in [5.74, 6) is -0.248. The molecule has 2 rings (SSSR count). The molecular weight excluding hydrogens is 823 g/mol. The number of aliphatic hydroxyl groups excluding tert-OH is 8. The van der Waals surface area contributed by atoms with Gasteiger partial charge in [-0.3, -0.25) is 4.79 Å². The first-order valence-electron chi connectivity index (χ1n) is 25.9. The second-order valence-corrected chi connectivity index (χ2v) is 18.7. The zero-order valence-electron chi connectivity index (χ0n) is 40.0. The summed E-state index contributed by atoms with van der Waals surface area (Å²) in [5, 5.41) is 85.8. The highest BCUT2D eigenvalue weighted by Gasteiger charge is 2.51. The van der Waals surface area contributed by atoms with Crippen molar-refractivity contribution in [3.05, 3.63) is 12.2 Å². The molecule has 2 aliphatic heterocycles. The minimum Gasteiger partial charge on any atom is -0.394 e. The summed E-state index contributed by atoms with van der Waals surface area (Å²) < 4.78 is 22.5. The normalized spacial score (nSPS) is 27.3. The summed E-state index contributed by atoms with van der Waals surface area (Å²) in [7, 11) is 0. The molecule has 0 aliphatic carbocycles. The predicted octanol–water partition coefficient (Wildman–Crippen LogP) is 6.77. The van der Waals surface area contributed by atoms with Gasteiger partial charge in [-0.15, -0.1) is 0 Å². The molecule has 14 heteroatoms. The molecule has 0 aromatic heterocycles. The van der Waals surface area contributed by atoms with E-state index < -0.39 is 86.8 Å². The highest BCUT2D eigenvalue weighted by molar-refractivity contribution is 5.76. The summed E-state index contributed by atoms with van der Waals surface area (Å²) in [6.45, 7) is 2.57. The third-order valence-corrected chi connectivity index (χ3v) is 13.0. The fourth-order valence-corrected chi connectivity index (χ4v) is 8.71. The van der Waals surface area contributed by atoms with E-state index in [0.29, 0.717) is 6.42 Å². The van der Waals surface area contributed by atoms with Gasteiger partial charge in [0.15, 0.2) is 12.6 Å². The van der Waals surface area contributed by atoms with Crippen LogP contribution < -0.4 is 5.32 Å². The third-order valence-electron chi connectivity index (χ3n) is 13.0. The van der Waals surface area contributed by atoms with Gasteiger partial charge in [0, 0.05) is 6.42 Å². The van der Waals surface area contributed by atoms with Crippen molar-refractivity contribution in [1.82, 2.24) is 5.32 Å². The molecule has 0 bridgehead atoms. The lowest BCUT2D eigenvalue weighted by Gasteiger charge is -2.46. The van der Waals surface area contributed by atoms with E-state index in [1.165, 1.54) is 148 Å². The van der Waals surface area contributed by atoms with Gasteiger partial charge >= 0.3 is 0 Å². The molecule has 0 aromatic rings. The van der Waals surface area contributed by atoms with Crippen LogP contribution in [0.3, 0.4) is 0 Å². The maximum absolute atomic E-state index is 13.0. The van der Waals surface area contributed by atoms with Crippen molar-refractivity contribution < 1.29 is 64.6 Å². The van der Waals surface area contributed by atoms with E-state index in [-0.39, 0.29) is 18.9 Å². The van der Waals surface area contributed by atoms with Crippen LogP contribution in [0.2, 0.25) is 0 Å². The van der Waals surface area contributed by atoms with E-state index in [0.717, 1.165) is 32.1 Å². The van der Waals surface area contributed by atoms with Gasteiger partial charge in [0.05, 0.1) is 32.0 Å². The van der Waals surface area contributed by atoms with E-state index >= 15 is 0 Å². The van der Waals surface area contributed by atoms with Crippen molar-refractivity contribution in [2.75, 3.05) is 19.8 Å². The minimum atomic E-state index is -1.78. The Kier molecular flexibility index (Phi) is 34.7. The first-order chi connectivity index (χ1) is 31.1. The molecule has 14 nitrogen and oxygen atoms in total. The van der Waals surface area contributed by atoms with E-state index in [9.17, 15) is 45.6 Å². The predicted molar refractivity (Wildman–Crippen MR) is 249 cm³/mol. The second kappa shape index (κ2) is 37.7. The summed E-state index contributed by atoms with van der Waals surface area (Å²) in [4.78, 5) is 13.0. The van der Waals surface area contributed by atoms with Gasteiger partial charge < -0.3 is 65.1 Å². The van der Waals surface area contributed by atoms with Crippen molar-refractivity contribution in [1.29, 1.82) is 0 Å². The fraction of sp³-hybridized carbons (Fsp3) is 0.940. The molecule has 12 atom stereocenters. The van der Waals surface area contributed by atoms with Crippen LogP contribution in [0, 0.1) is 0 Å². The standard InChI is InChI=1S/C50H95NO13/c1-3-5-7-8-9-10-11-12-13-14-15-16-17-18-19-20-21-22-23-24-25-26-27-28-29-30-32-34-42(55)51-38(39(54)33-31-6-4-2)37-61-49-47(60)45(58)48(41(36-53)63-49)64-50-46(59)44(57)43(56)40(35-52)62-50/h31,33,38-41,43-50,52-54,56-60H,3-30,32,34-37H2,1-2H3,(H,51,55)/b33-31+. The zero-order chi connectivity index (χ0) is 46.8. The van der Waals surface area contributed by atoms with E-state index in [4.69, 9.17) is 18.9 Å². The van der Waals surface area contributed by atoms with Crippen molar-refractivity contribution in [2.45, 2.75) is 280 Å². The third kappa shape index (κ3) is 24.7. The Balaban J connectivity index is 1.56. The summed E-state index contributed by atoms with van der Waals surface area (Å²) in [5.41, 5.74) is 0. The number of hydrogen-bond acceptors (Lipinski definition) is 13. The second-order valence-electron chi connectivity index (χ2n) is 18.7. The Labute approximate surface area is 386 Å². The molecule has 0 spiro atoms. The molecule has 2 aliphatic rings. The monoisotopic (exact) mass is 918 g/mol. The Bertz CT molecular complexity index is 1130. The van der Waals surface area contributed by atoms with Crippen LogP contribution in [0.1, 0.15) is 206 Å². The van der Waals surface area contributed by atoms with Crippen LogP contribution in [-0.2, 0) is 23.7 Å². The Morgan fingerprint density at radius 1 is 0.547 bits per heavy atom. The number of hydrogen-bond donors (Lipinski definition) is 9. The van der Waals surface area contributed by atoms with Gasteiger partial charge in [-0.1, -0.05) is 199 Å².